The largest absolute Gasteiger partial charge is 0.497 e. The minimum atomic E-state index is -0.268. The van der Waals surface area contributed by atoms with Crippen LogP contribution in [0.1, 0.15) is 48.2 Å². The first-order chi connectivity index (χ1) is 14.9. The van der Waals surface area contributed by atoms with Gasteiger partial charge >= 0.3 is 0 Å². The third kappa shape index (κ3) is 5.14. The Morgan fingerprint density at radius 3 is 2.58 bits per heavy atom. The summed E-state index contributed by atoms with van der Waals surface area (Å²) >= 11 is 0. The molecule has 1 amide bonds. The second-order valence-electron chi connectivity index (χ2n) is 7.80. The van der Waals surface area contributed by atoms with Gasteiger partial charge in [-0.1, -0.05) is 32.0 Å². The molecule has 0 unspecified atom stereocenters. The number of fused-ring (bicyclic) bond motifs is 1. The molecular formula is C25H30N2O4. The summed E-state index contributed by atoms with van der Waals surface area (Å²) in [6, 6.07) is 12.9. The Bertz CT molecular complexity index is 993. The van der Waals surface area contributed by atoms with Gasteiger partial charge in [-0.05, 0) is 49.1 Å². The summed E-state index contributed by atoms with van der Waals surface area (Å²) in [6.07, 6.45) is 4.43. The van der Waals surface area contributed by atoms with Crippen molar-refractivity contribution in [2.75, 3.05) is 26.1 Å². The van der Waals surface area contributed by atoms with Crippen molar-refractivity contribution in [1.29, 1.82) is 0 Å². The number of amides is 1. The van der Waals surface area contributed by atoms with Crippen molar-refractivity contribution in [3.8, 4) is 5.75 Å². The number of ketones is 1. The SMILES string of the molecule is CCC1(CC)Cc2ccc(OC)cc2/C(=C/C(=O)c2cccc(NC(=O)COC)c2)N1. The number of hydrogen-bond donors (Lipinski definition) is 2. The van der Waals surface area contributed by atoms with Gasteiger partial charge in [0.1, 0.15) is 12.4 Å². The van der Waals surface area contributed by atoms with Crippen molar-refractivity contribution in [3.63, 3.8) is 0 Å². The number of carbonyl (C=O) groups excluding carboxylic acids is 2. The Kier molecular flexibility index (Phi) is 7.13. The van der Waals surface area contributed by atoms with Crippen LogP contribution < -0.4 is 15.4 Å². The molecule has 2 aromatic carbocycles. The summed E-state index contributed by atoms with van der Waals surface area (Å²) in [5, 5.41) is 6.37. The molecule has 0 aromatic heterocycles. The molecule has 3 rings (SSSR count). The maximum absolute atomic E-state index is 13.1. The molecule has 0 aliphatic carbocycles. The van der Waals surface area contributed by atoms with Crippen LogP contribution in [0.3, 0.4) is 0 Å². The van der Waals surface area contributed by atoms with Crippen LogP contribution in [0.25, 0.3) is 5.70 Å². The summed E-state index contributed by atoms with van der Waals surface area (Å²) in [6.45, 7) is 4.29. The molecule has 0 fully saturated rings. The lowest BCUT2D eigenvalue weighted by Crippen LogP contribution is -2.48. The number of methoxy groups -OCH3 is 2. The zero-order valence-electron chi connectivity index (χ0n) is 18.6. The van der Waals surface area contributed by atoms with Crippen molar-refractivity contribution in [2.45, 2.75) is 38.6 Å². The third-order valence-electron chi connectivity index (χ3n) is 5.87. The number of benzene rings is 2. The van der Waals surface area contributed by atoms with Crippen molar-refractivity contribution < 1.29 is 19.1 Å². The minimum absolute atomic E-state index is 0.0408. The van der Waals surface area contributed by atoms with Gasteiger partial charge in [0.25, 0.3) is 0 Å². The van der Waals surface area contributed by atoms with Crippen molar-refractivity contribution >= 4 is 23.1 Å². The number of allylic oxidation sites excluding steroid dienone is 1. The highest BCUT2D eigenvalue weighted by atomic mass is 16.5. The van der Waals surface area contributed by atoms with Gasteiger partial charge in [0.2, 0.25) is 5.91 Å². The number of carbonyl (C=O) groups is 2. The van der Waals surface area contributed by atoms with Crippen molar-refractivity contribution in [3.05, 3.63) is 65.2 Å². The summed E-state index contributed by atoms with van der Waals surface area (Å²) in [4.78, 5) is 24.9. The van der Waals surface area contributed by atoms with E-state index in [2.05, 4.69) is 30.5 Å². The molecule has 0 spiro atoms. The Balaban J connectivity index is 1.96. The molecule has 164 valence electrons. The molecule has 1 heterocycles. The number of anilines is 1. The van der Waals surface area contributed by atoms with E-state index in [1.165, 1.54) is 12.7 Å². The van der Waals surface area contributed by atoms with E-state index < -0.39 is 0 Å². The number of hydrogen-bond acceptors (Lipinski definition) is 5. The molecule has 0 radical (unpaired) electrons. The standard InChI is InChI=1S/C25H30N2O4/c1-5-25(6-2)15-18-10-11-20(31-4)13-21(18)22(27-25)14-23(28)17-8-7-9-19(12-17)26-24(29)16-30-3/h7-14,27H,5-6,15-16H2,1-4H3,(H,26,29)/b22-14-. The molecule has 2 aromatic rings. The van der Waals surface area contributed by atoms with Gasteiger partial charge in [-0.15, -0.1) is 0 Å². The average molecular weight is 423 g/mol. The van der Waals surface area contributed by atoms with Crippen LogP contribution in [0.15, 0.2) is 48.5 Å². The zero-order chi connectivity index (χ0) is 22.4. The summed E-state index contributed by atoms with van der Waals surface area (Å²) < 4.78 is 10.2. The van der Waals surface area contributed by atoms with E-state index in [0.29, 0.717) is 11.3 Å². The van der Waals surface area contributed by atoms with E-state index >= 15 is 0 Å². The Morgan fingerprint density at radius 1 is 1.13 bits per heavy atom. The van der Waals surface area contributed by atoms with E-state index in [9.17, 15) is 9.59 Å². The Labute approximate surface area is 183 Å². The number of rotatable bonds is 8. The molecule has 6 heteroatoms. The number of nitrogens with one attached hydrogen (secondary N) is 2. The molecule has 0 saturated heterocycles. The average Bonchev–Trinajstić information content (AvgIpc) is 2.78. The topological polar surface area (TPSA) is 76.7 Å². The quantitative estimate of drug-likeness (QED) is 0.492. The summed E-state index contributed by atoms with van der Waals surface area (Å²) in [5.74, 6) is 0.348. The highest BCUT2D eigenvalue weighted by Gasteiger charge is 2.33. The molecule has 1 aliphatic heterocycles. The Morgan fingerprint density at radius 2 is 1.90 bits per heavy atom. The first kappa shape index (κ1) is 22.6. The van der Waals surface area contributed by atoms with Crippen LogP contribution >= 0.6 is 0 Å². The molecule has 0 bridgehead atoms. The van der Waals surface area contributed by atoms with E-state index in [-0.39, 0.29) is 23.8 Å². The van der Waals surface area contributed by atoms with Crippen molar-refractivity contribution in [1.82, 2.24) is 5.32 Å². The molecule has 2 N–H and O–H groups in total. The lowest BCUT2D eigenvalue weighted by Gasteiger charge is -2.40. The monoisotopic (exact) mass is 422 g/mol. The van der Waals surface area contributed by atoms with Crippen LogP contribution in [-0.2, 0) is 16.0 Å². The van der Waals surface area contributed by atoms with E-state index in [4.69, 9.17) is 9.47 Å². The first-order valence-corrected chi connectivity index (χ1v) is 10.5. The summed E-state index contributed by atoms with van der Waals surface area (Å²) in [5.41, 5.74) is 3.93. The predicted octanol–water partition coefficient (Wildman–Crippen LogP) is 4.21. The third-order valence-corrected chi connectivity index (χ3v) is 5.87. The minimum Gasteiger partial charge on any atom is -0.497 e. The van der Waals surface area contributed by atoms with E-state index in [0.717, 1.165) is 36.3 Å². The number of ether oxygens (including phenoxy) is 2. The van der Waals surface area contributed by atoms with Gasteiger partial charge in [-0.25, -0.2) is 0 Å². The maximum atomic E-state index is 13.1. The smallest absolute Gasteiger partial charge is 0.250 e. The van der Waals surface area contributed by atoms with Gasteiger partial charge < -0.3 is 20.1 Å². The van der Waals surface area contributed by atoms with E-state index in [1.807, 2.05) is 12.1 Å². The normalized spacial score (nSPS) is 15.7. The second kappa shape index (κ2) is 9.79. The fourth-order valence-electron chi connectivity index (χ4n) is 3.93. The molecule has 0 atom stereocenters. The van der Waals surface area contributed by atoms with Gasteiger partial charge in [0, 0.05) is 41.2 Å². The van der Waals surface area contributed by atoms with E-state index in [1.54, 1.807) is 37.5 Å². The highest BCUT2D eigenvalue weighted by molar-refractivity contribution is 6.09. The molecule has 6 nitrogen and oxygen atoms in total. The van der Waals surface area contributed by atoms with Gasteiger partial charge in [0.05, 0.1) is 7.11 Å². The Hall–Kier alpha value is -3.12. The van der Waals surface area contributed by atoms with Gasteiger partial charge in [-0.3, -0.25) is 9.59 Å². The molecule has 31 heavy (non-hydrogen) atoms. The second-order valence-corrected chi connectivity index (χ2v) is 7.80. The summed E-state index contributed by atoms with van der Waals surface area (Å²) in [7, 11) is 3.10. The molecular weight excluding hydrogens is 392 g/mol. The lowest BCUT2D eigenvalue weighted by molar-refractivity contribution is -0.119. The highest BCUT2D eigenvalue weighted by Crippen LogP contribution is 2.35. The molecule has 0 saturated carbocycles. The molecule has 1 aliphatic rings. The van der Waals surface area contributed by atoms with Crippen molar-refractivity contribution in [2.24, 2.45) is 0 Å². The van der Waals surface area contributed by atoms with Crippen LogP contribution in [0.5, 0.6) is 5.75 Å². The zero-order valence-corrected chi connectivity index (χ0v) is 18.6. The lowest BCUT2D eigenvalue weighted by atomic mass is 9.79. The maximum Gasteiger partial charge on any atom is 0.250 e. The fraction of sp³-hybridized carbons (Fsp3) is 0.360. The first-order valence-electron chi connectivity index (χ1n) is 10.5. The van der Waals surface area contributed by atoms with Crippen LogP contribution in [-0.4, -0.2) is 38.1 Å². The van der Waals surface area contributed by atoms with Gasteiger partial charge in [-0.2, -0.15) is 0 Å². The van der Waals surface area contributed by atoms with Crippen LogP contribution in [0, 0.1) is 0 Å². The van der Waals surface area contributed by atoms with Crippen LogP contribution in [0.4, 0.5) is 5.69 Å². The van der Waals surface area contributed by atoms with Crippen LogP contribution in [0.2, 0.25) is 0 Å². The predicted molar refractivity (Wildman–Crippen MR) is 122 cm³/mol. The van der Waals surface area contributed by atoms with Gasteiger partial charge in [0.15, 0.2) is 5.78 Å². The fourth-order valence-corrected chi connectivity index (χ4v) is 3.93.